The van der Waals surface area contributed by atoms with Crippen molar-refractivity contribution in [3.8, 4) is 11.4 Å². The number of rotatable bonds is 6. The summed E-state index contributed by atoms with van der Waals surface area (Å²) in [6, 6.07) is 3.84. The zero-order chi connectivity index (χ0) is 18.5. The minimum atomic E-state index is 0.112. The summed E-state index contributed by atoms with van der Waals surface area (Å²) in [6.45, 7) is 4.03. The van der Waals surface area contributed by atoms with Crippen LogP contribution in [0.15, 0.2) is 29.7 Å². The van der Waals surface area contributed by atoms with Crippen LogP contribution in [0.5, 0.6) is 0 Å². The molecule has 27 heavy (non-hydrogen) atoms. The predicted octanol–water partition coefficient (Wildman–Crippen LogP) is 1.47. The van der Waals surface area contributed by atoms with E-state index in [1.165, 1.54) is 11.8 Å². The van der Waals surface area contributed by atoms with Crippen molar-refractivity contribution in [1.82, 2.24) is 24.6 Å². The number of nitrogens with zero attached hydrogens (tertiary/aromatic N) is 5. The minimum absolute atomic E-state index is 0.112. The molecule has 8 nitrogen and oxygen atoms in total. The fourth-order valence-electron chi connectivity index (χ4n) is 3.30. The van der Waals surface area contributed by atoms with Gasteiger partial charge >= 0.3 is 0 Å². The van der Waals surface area contributed by atoms with Crippen LogP contribution < -0.4 is 0 Å². The number of ether oxygens (including phenoxy) is 2. The van der Waals surface area contributed by atoms with Crippen molar-refractivity contribution in [2.75, 3.05) is 38.7 Å². The molecule has 2 saturated heterocycles. The Morgan fingerprint density at radius 2 is 2.00 bits per heavy atom. The highest BCUT2D eigenvalue weighted by Crippen LogP contribution is 2.26. The second-order valence-electron chi connectivity index (χ2n) is 6.57. The molecule has 9 heteroatoms. The average Bonchev–Trinajstić information content (AvgIpc) is 3.38. The normalized spacial score (nSPS) is 20.1. The number of thioether (sulfide) groups is 1. The highest BCUT2D eigenvalue weighted by Gasteiger charge is 2.23. The first-order chi connectivity index (χ1) is 13.3. The third-order valence-corrected chi connectivity index (χ3v) is 5.71. The molecule has 0 bridgehead atoms. The van der Waals surface area contributed by atoms with E-state index in [-0.39, 0.29) is 12.0 Å². The Morgan fingerprint density at radius 1 is 1.19 bits per heavy atom. The number of amides is 1. The molecule has 0 aromatic carbocycles. The summed E-state index contributed by atoms with van der Waals surface area (Å²) in [5.41, 5.74) is 0.960. The van der Waals surface area contributed by atoms with E-state index in [2.05, 4.69) is 19.7 Å². The molecule has 144 valence electrons. The van der Waals surface area contributed by atoms with Gasteiger partial charge in [-0.05, 0) is 25.0 Å². The Kier molecular flexibility index (Phi) is 6.00. The van der Waals surface area contributed by atoms with Crippen LogP contribution in [0.1, 0.15) is 12.8 Å². The highest BCUT2D eigenvalue weighted by atomic mass is 32.2. The minimum Gasteiger partial charge on any atom is -0.378 e. The van der Waals surface area contributed by atoms with Crippen molar-refractivity contribution in [3.63, 3.8) is 0 Å². The van der Waals surface area contributed by atoms with E-state index in [1.54, 1.807) is 12.4 Å². The van der Waals surface area contributed by atoms with Gasteiger partial charge in [-0.15, -0.1) is 10.2 Å². The fraction of sp³-hybridized carbons (Fsp3) is 0.556. The molecule has 4 rings (SSSR count). The van der Waals surface area contributed by atoms with Gasteiger partial charge in [-0.1, -0.05) is 11.8 Å². The zero-order valence-corrected chi connectivity index (χ0v) is 15.9. The number of aromatic nitrogens is 4. The highest BCUT2D eigenvalue weighted by molar-refractivity contribution is 7.99. The van der Waals surface area contributed by atoms with Gasteiger partial charge in [0.05, 0.1) is 31.6 Å². The second-order valence-corrected chi connectivity index (χ2v) is 7.51. The quantitative estimate of drug-likeness (QED) is 0.692. The van der Waals surface area contributed by atoms with Crippen molar-refractivity contribution < 1.29 is 14.3 Å². The van der Waals surface area contributed by atoms with E-state index in [1.807, 2.05) is 17.0 Å². The lowest BCUT2D eigenvalue weighted by molar-refractivity contribution is -0.132. The number of hydrogen-bond acceptors (Lipinski definition) is 7. The molecule has 0 saturated carbocycles. The van der Waals surface area contributed by atoms with Crippen LogP contribution in [0.2, 0.25) is 0 Å². The first-order valence-corrected chi connectivity index (χ1v) is 10.2. The molecule has 2 fully saturated rings. The molecule has 0 N–H and O–H groups in total. The van der Waals surface area contributed by atoms with Crippen molar-refractivity contribution in [3.05, 3.63) is 24.5 Å². The molecule has 2 aliphatic rings. The molecule has 4 heterocycles. The largest absolute Gasteiger partial charge is 0.378 e. The average molecular weight is 389 g/mol. The van der Waals surface area contributed by atoms with Crippen LogP contribution >= 0.6 is 11.8 Å². The van der Waals surface area contributed by atoms with Gasteiger partial charge in [0.2, 0.25) is 5.91 Å². The molecule has 0 spiro atoms. The summed E-state index contributed by atoms with van der Waals surface area (Å²) < 4.78 is 13.2. The number of carbonyl (C=O) groups is 1. The SMILES string of the molecule is O=C(CSc1nnc(-c2ccncc2)n1C[C@@H]1CCCO1)N1CCOCC1. The maximum Gasteiger partial charge on any atom is 0.233 e. The Balaban J connectivity index is 1.50. The van der Waals surface area contributed by atoms with E-state index < -0.39 is 0 Å². The number of morpholine rings is 1. The van der Waals surface area contributed by atoms with E-state index in [4.69, 9.17) is 9.47 Å². The lowest BCUT2D eigenvalue weighted by Gasteiger charge is -2.26. The summed E-state index contributed by atoms with van der Waals surface area (Å²) in [5.74, 6) is 1.25. The Morgan fingerprint density at radius 3 is 2.74 bits per heavy atom. The van der Waals surface area contributed by atoms with E-state index in [0.717, 1.165) is 36.0 Å². The monoisotopic (exact) mass is 389 g/mol. The lowest BCUT2D eigenvalue weighted by atomic mass is 10.2. The standard InChI is InChI=1S/C18H23N5O3S/c24-16(22-7-10-25-11-8-22)13-27-18-21-20-17(14-3-5-19-6-4-14)23(18)12-15-2-1-9-26-15/h3-6,15H,1-2,7-13H2/t15-/m0/s1. The van der Waals surface area contributed by atoms with E-state index in [0.29, 0.717) is 38.6 Å². The van der Waals surface area contributed by atoms with Crippen LogP contribution in [-0.4, -0.2) is 75.3 Å². The van der Waals surface area contributed by atoms with Crippen LogP contribution in [-0.2, 0) is 20.8 Å². The zero-order valence-electron chi connectivity index (χ0n) is 15.1. The van der Waals surface area contributed by atoms with Crippen LogP contribution in [0.25, 0.3) is 11.4 Å². The molecular formula is C18H23N5O3S. The third kappa shape index (κ3) is 4.48. The number of carbonyl (C=O) groups excluding carboxylic acids is 1. The van der Waals surface area contributed by atoms with Gasteiger partial charge in [-0.2, -0.15) is 0 Å². The van der Waals surface area contributed by atoms with Crippen molar-refractivity contribution in [2.45, 2.75) is 30.6 Å². The van der Waals surface area contributed by atoms with Gasteiger partial charge < -0.3 is 14.4 Å². The molecular weight excluding hydrogens is 366 g/mol. The maximum absolute atomic E-state index is 12.5. The summed E-state index contributed by atoms with van der Waals surface area (Å²) in [4.78, 5) is 18.4. The van der Waals surface area contributed by atoms with E-state index in [9.17, 15) is 4.79 Å². The van der Waals surface area contributed by atoms with Gasteiger partial charge in [0, 0.05) is 37.7 Å². The van der Waals surface area contributed by atoms with Gasteiger partial charge in [0.25, 0.3) is 0 Å². The lowest BCUT2D eigenvalue weighted by Crippen LogP contribution is -2.41. The second kappa shape index (κ2) is 8.81. The Hall–Kier alpha value is -1.97. The maximum atomic E-state index is 12.5. The van der Waals surface area contributed by atoms with Crippen LogP contribution in [0.4, 0.5) is 0 Å². The van der Waals surface area contributed by atoms with Gasteiger partial charge in [0.15, 0.2) is 11.0 Å². The Bertz CT molecular complexity index is 758. The third-order valence-electron chi connectivity index (χ3n) is 4.75. The molecule has 0 aliphatic carbocycles. The van der Waals surface area contributed by atoms with Crippen molar-refractivity contribution >= 4 is 17.7 Å². The topological polar surface area (TPSA) is 82.4 Å². The molecule has 1 atom stereocenters. The Labute approximate surface area is 162 Å². The van der Waals surface area contributed by atoms with Crippen LogP contribution in [0, 0.1) is 0 Å². The van der Waals surface area contributed by atoms with Crippen molar-refractivity contribution in [2.24, 2.45) is 0 Å². The summed E-state index contributed by atoms with van der Waals surface area (Å²) >= 11 is 1.43. The van der Waals surface area contributed by atoms with Gasteiger partial charge in [-0.3, -0.25) is 14.3 Å². The van der Waals surface area contributed by atoms with E-state index >= 15 is 0 Å². The molecule has 0 radical (unpaired) electrons. The van der Waals surface area contributed by atoms with Crippen LogP contribution in [0.3, 0.4) is 0 Å². The van der Waals surface area contributed by atoms with Gasteiger partial charge in [0.1, 0.15) is 0 Å². The smallest absolute Gasteiger partial charge is 0.233 e. The summed E-state index contributed by atoms with van der Waals surface area (Å²) in [6.07, 6.45) is 5.76. The van der Waals surface area contributed by atoms with Crippen molar-refractivity contribution in [1.29, 1.82) is 0 Å². The number of pyridine rings is 1. The summed E-state index contributed by atoms with van der Waals surface area (Å²) in [7, 11) is 0. The molecule has 2 aliphatic heterocycles. The molecule has 2 aromatic rings. The molecule has 2 aromatic heterocycles. The molecule has 0 unspecified atom stereocenters. The fourth-order valence-corrected chi connectivity index (χ4v) is 4.15. The first kappa shape index (κ1) is 18.4. The number of hydrogen-bond donors (Lipinski definition) is 0. The molecule has 1 amide bonds. The van der Waals surface area contributed by atoms with Gasteiger partial charge in [-0.25, -0.2) is 0 Å². The summed E-state index contributed by atoms with van der Waals surface area (Å²) in [5, 5.41) is 9.49. The first-order valence-electron chi connectivity index (χ1n) is 9.25. The predicted molar refractivity (Wildman–Crippen MR) is 100 cm³/mol.